The van der Waals surface area contributed by atoms with Crippen molar-refractivity contribution in [3.63, 3.8) is 0 Å². The zero-order chi connectivity index (χ0) is 12.7. The van der Waals surface area contributed by atoms with E-state index in [4.69, 9.17) is 5.73 Å². The van der Waals surface area contributed by atoms with Gasteiger partial charge in [-0.2, -0.15) is 0 Å². The van der Waals surface area contributed by atoms with Gasteiger partial charge in [-0.1, -0.05) is 66.1 Å². The first kappa shape index (κ1) is 13.0. The minimum absolute atomic E-state index is 0.410. The van der Waals surface area contributed by atoms with Crippen LogP contribution >= 0.6 is 0 Å². The largest absolute Gasteiger partial charge is 0.366 e. The van der Waals surface area contributed by atoms with Gasteiger partial charge in [0.15, 0.2) is 7.28 Å². The Morgan fingerprint density at radius 3 is 2.47 bits per heavy atom. The van der Waals surface area contributed by atoms with Crippen molar-refractivity contribution in [3.05, 3.63) is 66.2 Å². The maximum Gasteiger partial charge on any atom is 0.248 e. The average Bonchev–Trinajstić information content (AvgIpc) is 2.30. The van der Waals surface area contributed by atoms with Crippen LogP contribution in [0.15, 0.2) is 60.6 Å². The molecule has 0 saturated heterocycles. The van der Waals surface area contributed by atoms with Gasteiger partial charge >= 0.3 is 0 Å². The summed E-state index contributed by atoms with van der Waals surface area (Å²) in [5, 5.41) is 0. The van der Waals surface area contributed by atoms with Crippen LogP contribution in [0.1, 0.15) is 17.3 Å². The molecular weight excluding hydrogens is 209 g/mol. The zero-order valence-corrected chi connectivity index (χ0v) is 9.89. The fourth-order valence-corrected chi connectivity index (χ4v) is 1.42. The fourth-order valence-electron chi connectivity index (χ4n) is 1.42. The van der Waals surface area contributed by atoms with Gasteiger partial charge in [-0.25, -0.2) is 0 Å². The van der Waals surface area contributed by atoms with Crippen LogP contribution in [0.4, 0.5) is 0 Å². The average molecular weight is 224 g/mol. The monoisotopic (exact) mass is 224 g/mol. The smallest absolute Gasteiger partial charge is 0.248 e. The Labute approximate surface area is 103 Å². The van der Waals surface area contributed by atoms with Crippen molar-refractivity contribution < 1.29 is 4.79 Å². The molecule has 0 aromatic heterocycles. The summed E-state index contributed by atoms with van der Waals surface area (Å²) in [7, 11) is 2.01. The van der Waals surface area contributed by atoms with Crippen LogP contribution in [0.5, 0.6) is 0 Å². The first-order valence-electron chi connectivity index (χ1n) is 5.37. The highest BCUT2D eigenvalue weighted by Crippen LogP contribution is 1.99. The molecule has 1 rings (SSSR count). The summed E-state index contributed by atoms with van der Waals surface area (Å²) in [5.41, 5.74) is 7.76. The van der Waals surface area contributed by atoms with E-state index in [0.29, 0.717) is 5.56 Å². The minimum Gasteiger partial charge on any atom is -0.366 e. The molecule has 0 spiro atoms. The lowest BCUT2D eigenvalue weighted by Crippen LogP contribution is -2.17. The van der Waals surface area contributed by atoms with Crippen molar-refractivity contribution in [2.24, 2.45) is 5.73 Å². The van der Waals surface area contributed by atoms with E-state index in [1.165, 1.54) is 0 Å². The fraction of sp³-hybridized carbons (Fsp3) is 0.0714. The van der Waals surface area contributed by atoms with E-state index in [-0.39, 0.29) is 0 Å². The summed E-state index contributed by atoms with van der Waals surface area (Å²) < 4.78 is 0. The zero-order valence-electron chi connectivity index (χ0n) is 9.89. The molecule has 1 aromatic carbocycles. The third-order valence-electron chi connectivity index (χ3n) is 2.20. The van der Waals surface area contributed by atoms with Crippen LogP contribution in [0.3, 0.4) is 0 Å². The van der Waals surface area contributed by atoms with Gasteiger partial charge < -0.3 is 5.73 Å². The van der Waals surface area contributed by atoms with Gasteiger partial charge in [-0.3, -0.25) is 4.79 Å². The van der Waals surface area contributed by atoms with Gasteiger partial charge in [0.25, 0.3) is 0 Å². The summed E-state index contributed by atoms with van der Waals surface area (Å²) in [6.45, 7) is 5.63. The molecule has 1 aromatic rings. The summed E-state index contributed by atoms with van der Waals surface area (Å²) in [4.78, 5) is 10.9. The van der Waals surface area contributed by atoms with Gasteiger partial charge in [0.2, 0.25) is 5.91 Å². The lowest BCUT2D eigenvalue weighted by molar-refractivity contribution is 0.100. The predicted molar refractivity (Wildman–Crippen MR) is 73.4 cm³/mol. The number of carbonyl (C=O) groups excluding carboxylic acids is 1. The van der Waals surface area contributed by atoms with Crippen molar-refractivity contribution in [3.8, 4) is 0 Å². The number of hydrogen-bond acceptors (Lipinski definition) is 1. The second-order valence-corrected chi connectivity index (χ2v) is 3.53. The third kappa shape index (κ3) is 4.15. The van der Waals surface area contributed by atoms with Gasteiger partial charge in [0.05, 0.1) is 0 Å². The van der Waals surface area contributed by atoms with Crippen LogP contribution in [0.2, 0.25) is 0 Å². The number of hydrogen-bond donors (Lipinski definition) is 1. The third-order valence-corrected chi connectivity index (χ3v) is 2.20. The Morgan fingerprint density at radius 2 is 2.00 bits per heavy atom. The van der Waals surface area contributed by atoms with Crippen molar-refractivity contribution >= 4 is 18.6 Å². The SMILES string of the molecule is C=C/C=C([B]c1ccc(C(N)=O)cc1)\C=C/C. The highest BCUT2D eigenvalue weighted by molar-refractivity contribution is 6.61. The minimum atomic E-state index is -0.410. The van der Waals surface area contributed by atoms with Gasteiger partial charge in [-0.15, -0.1) is 0 Å². The molecular formula is C14H15BNO. The Kier molecular flexibility index (Phi) is 5.01. The molecule has 0 atom stereocenters. The van der Waals surface area contributed by atoms with Gasteiger partial charge in [0, 0.05) is 5.56 Å². The molecule has 2 N–H and O–H groups in total. The molecule has 0 unspecified atom stereocenters. The highest BCUT2D eigenvalue weighted by Gasteiger charge is 2.02. The van der Waals surface area contributed by atoms with E-state index < -0.39 is 5.91 Å². The van der Waals surface area contributed by atoms with Crippen molar-refractivity contribution in [1.29, 1.82) is 0 Å². The Balaban J connectivity index is 2.84. The van der Waals surface area contributed by atoms with E-state index in [9.17, 15) is 4.79 Å². The maximum absolute atomic E-state index is 10.9. The number of allylic oxidation sites excluding steroid dienone is 5. The molecule has 2 nitrogen and oxygen atoms in total. The standard InChI is InChI=1S/C14H15BNO/c1-3-5-12(6-4-2)15-13-9-7-11(8-10-13)14(16)17/h3-10H,1H2,2H3,(H2,16,17)/b6-4-,12-5+. The predicted octanol–water partition coefficient (Wildman–Crippen LogP) is 1.76. The van der Waals surface area contributed by atoms with Crippen LogP contribution in [-0.4, -0.2) is 13.2 Å². The molecule has 1 radical (unpaired) electrons. The summed E-state index contributed by atoms with van der Waals surface area (Å²) in [5.74, 6) is -0.410. The van der Waals surface area contributed by atoms with Crippen molar-refractivity contribution in [2.75, 3.05) is 0 Å². The van der Waals surface area contributed by atoms with Crippen LogP contribution < -0.4 is 11.2 Å². The first-order valence-corrected chi connectivity index (χ1v) is 5.37. The number of nitrogens with two attached hydrogens (primary N) is 1. The van der Waals surface area contributed by atoms with E-state index in [1.807, 2.05) is 44.6 Å². The normalized spacial score (nSPS) is 11.5. The molecule has 1 amide bonds. The molecule has 0 aliphatic heterocycles. The lowest BCUT2D eigenvalue weighted by Gasteiger charge is -2.02. The first-order chi connectivity index (χ1) is 8.17. The highest BCUT2D eigenvalue weighted by atomic mass is 16.1. The molecule has 0 bridgehead atoms. The van der Waals surface area contributed by atoms with Crippen LogP contribution in [-0.2, 0) is 0 Å². The number of primary amides is 1. The topological polar surface area (TPSA) is 43.1 Å². The molecule has 3 heteroatoms. The van der Waals surface area contributed by atoms with Crippen LogP contribution in [0.25, 0.3) is 0 Å². The van der Waals surface area contributed by atoms with Gasteiger partial charge in [0.1, 0.15) is 0 Å². The summed E-state index contributed by atoms with van der Waals surface area (Å²) in [6, 6.07) is 7.16. The van der Waals surface area contributed by atoms with Gasteiger partial charge in [-0.05, 0) is 6.92 Å². The summed E-state index contributed by atoms with van der Waals surface area (Å²) in [6.07, 6.45) is 7.61. The molecule has 0 fully saturated rings. The quantitative estimate of drug-likeness (QED) is 0.601. The Morgan fingerprint density at radius 1 is 1.35 bits per heavy atom. The second-order valence-electron chi connectivity index (χ2n) is 3.53. The second kappa shape index (κ2) is 6.53. The van der Waals surface area contributed by atoms with Crippen molar-refractivity contribution in [1.82, 2.24) is 0 Å². The number of carbonyl (C=O) groups is 1. The summed E-state index contributed by atoms with van der Waals surface area (Å²) >= 11 is 0. The number of rotatable bonds is 5. The Hall–Kier alpha value is -2.03. The molecule has 0 saturated carbocycles. The molecule has 17 heavy (non-hydrogen) atoms. The molecule has 0 aliphatic carbocycles. The van der Waals surface area contributed by atoms with E-state index in [0.717, 1.165) is 10.9 Å². The van der Waals surface area contributed by atoms with E-state index in [2.05, 4.69) is 6.58 Å². The van der Waals surface area contributed by atoms with Crippen LogP contribution in [0, 0.1) is 0 Å². The van der Waals surface area contributed by atoms with Crippen molar-refractivity contribution in [2.45, 2.75) is 6.92 Å². The molecule has 0 heterocycles. The Bertz CT molecular complexity index is 458. The maximum atomic E-state index is 10.9. The molecule has 0 aliphatic rings. The number of benzene rings is 1. The lowest BCUT2D eigenvalue weighted by atomic mass is 9.63. The number of amides is 1. The van der Waals surface area contributed by atoms with E-state index >= 15 is 0 Å². The van der Waals surface area contributed by atoms with E-state index in [1.54, 1.807) is 18.2 Å². The molecule has 85 valence electrons.